The van der Waals surface area contributed by atoms with Gasteiger partial charge in [0, 0.05) is 11.8 Å². The molecule has 0 aliphatic heterocycles. The number of para-hydroxylation sites is 1. The zero-order valence-corrected chi connectivity index (χ0v) is 16.8. The van der Waals surface area contributed by atoms with Crippen molar-refractivity contribution in [2.24, 2.45) is 0 Å². The Balaban J connectivity index is 1.50. The van der Waals surface area contributed by atoms with Crippen LogP contribution in [0.2, 0.25) is 0 Å². The maximum absolute atomic E-state index is 12.8. The summed E-state index contributed by atoms with van der Waals surface area (Å²) in [5.74, 6) is 0.197. The van der Waals surface area contributed by atoms with Crippen LogP contribution in [0.15, 0.2) is 82.2 Å². The molecule has 4 aromatic rings. The number of hydrogen-bond donors (Lipinski definition) is 1. The van der Waals surface area contributed by atoms with Crippen molar-refractivity contribution in [3.8, 4) is 16.9 Å². The van der Waals surface area contributed by atoms with Gasteiger partial charge < -0.3 is 14.5 Å². The zero-order valence-electron chi connectivity index (χ0n) is 16.8. The molecule has 150 valence electrons. The van der Waals surface area contributed by atoms with E-state index >= 15 is 0 Å². The SMILES string of the molecule is Cc1cccc(C)c1NC(=O)COc1ccc2c(=O)c(-c3ccccc3)coc2c1. The Kier molecular flexibility index (Phi) is 5.35. The number of anilines is 1. The minimum absolute atomic E-state index is 0.109. The van der Waals surface area contributed by atoms with Gasteiger partial charge in [-0.1, -0.05) is 48.5 Å². The van der Waals surface area contributed by atoms with E-state index in [-0.39, 0.29) is 17.9 Å². The third-order valence-electron chi connectivity index (χ3n) is 4.95. The predicted molar refractivity (Wildman–Crippen MR) is 118 cm³/mol. The van der Waals surface area contributed by atoms with Crippen LogP contribution in [-0.4, -0.2) is 12.5 Å². The summed E-state index contributed by atoms with van der Waals surface area (Å²) in [6.45, 7) is 3.74. The first kappa shape index (κ1) is 19.5. The van der Waals surface area contributed by atoms with E-state index in [1.807, 2.05) is 62.4 Å². The van der Waals surface area contributed by atoms with Gasteiger partial charge in [0.2, 0.25) is 0 Å². The molecule has 0 saturated heterocycles. The molecule has 1 aromatic heterocycles. The van der Waals surface area contributed by atoms with Crippen molar-refractivity contribution >= 4 is 22.6 Å². The molecule has 0 spiro atoms. The molecule has 0 radical (unpaired) electrons. The van der Waals surface area contributed by atoms with Crippen molar-refractivity contribution in [1.82, 2.24) is 0 Å². The van der Waals surface area contributed by atoms with Crippen LogP contribution in [0.4, 0.5) is 5.69 Å². The third kappa shape index (κ3) is 3.96. The van der Waals surface area contributed by atoms with Crippen LogP contribution in [0.3, 0.4) is 0 Å². The number of amides is 1. The van der Waals surface area contributed by atoms with E-state index in [0.717, 1.165) is 22.4 Å². The molecule has 0 unspecified atom stereocenters. The fourth-order valence-corrected chi connectivity index (χ4v) is 3.35. The van der Waals surface area contributed by atoms with E-state index in [1.54, 1.807) is 18.2 Å². The van der Waals surface area contributed by atoms with Crippen LogP contribution in [0.5, 0.6) is 5.75 Å². The van der Waals surface area contributed by atoms with Gasteiger partial charge in [-0.25, -0.2) is 0 Å². The van der Waals surface area contributed by atoms with E-state index < -0.39 is 0 Å². The Bertz CT molecular complexity index is 1260. The molecule has 30 heavy (non-hydrogen) atoms. The number of carbonyl (C=O) groups is 1. The Morgan fingerprint density at radius 3 is 2.43 bits per heavy atom. The second-order valence-corrected chi connectivity index (χ2v) is 7.11. The van der Waals surface area contributed by atoms with Gasteiger partial charge in [-0.3, -0.25) is 9.59 Å². The Morgan fingerprint density at radius 1 is 0.967 bits per heavy atom. The number of carbonyl (C=O) groups excluding carboxylic acids is 1. The maximum atomic E-state index is 12.8. The van der Waals surface area contributed by atoms with Crippen molar-refractivity contribution in [1.29, 1.82) is 0 Å². The summed E-state index contributed by atoms with van der Waals surface area (Å²) in [5, 5.41) is 3.35. The molecule has 0 saturated carbocycles. The molecule has 1 amide bonds. The van der Waals surface area contributed by atoms with Gasteiger partial charge >= 0.3 is 0 Å². The second-order valence-electron chi connectivity index (χ2n) is 7.11. The highest BCUT2D eigenvalue weighted by atomic mass is 16.5. The fourth-order valence-electron chi connectivity index (χ4n) is 3.35. The molecule has 0 aliphatic rings. The van der Waals surface area contributed by atoms with E-state index in [4.69, 9.17) is 9.15 Å². The maximum Gasteiger partial charge on any atom is 0.262 e. The Hall–Kier alpha value is -3.86. The molecule has 5 nitrogen and oxygen atoms in total. The molecule has 0 fully saturated rings. The first-order valence-corrected chi connectivity index (χ1v) is 9.63. The highest BCUT2D eigenvalue weighted by Gasteiger charge is 2.11. The van der Waals surface area contributed by atoms with Crippen LogP contribution in [-0.2, 0) is 4.79 Å². The van der Waals surface area contributed by atoms with Gasteiger partial charge in [0.15, 0.2) is 12.0 Å². The largest absolute Gasteiger partial charge is 0.484 e. The number of nitrogens with one attached hydrogen (secondary N) is 1. The molecule has 1 heterocycles. The summed E-state index contributed by atoms with van der Waals surface area (Å²) >= 11 is 0. The summed E-state index contributed by atoms with van der Waals surface area (Å²) in [6.07, 6.45) is 1.46. The summed E-state index contributed by atoms with van der Waals surface area (Å²) in [4.78, 5) is 25.1. The van der Waals surface area contributed by atoms with E-state index in [9.17, 15) is 9.59 Å². The van der Waals surface area contributed by atoms with E-state index in [0.29, 0.717) is 22.3 Å². The molecular weight excluding hydrogens is 378 g/mol. The van der Waals surface area contributed by atoms with E-state index in [1.165, 1.54) is 6.26 Å². The first-order chi connectivity index (χ1) is 14.5. The van der Waals surface area contributed by atoms with Crippen LogP contribution < -0.4 is 15.5 Å². The minimum Gasteiger partial charge on any atom is -0.484 e. The Morgan fingerprint density at radius 2 is 1.70 bits per heavy atom. The third-order valence-corrected chi connectivity index (χ3v) is 4.95. The molecular formula is C25H21NO4. The molecule has 5 heteroatoms. The number of aryl methyl sites for hydroxylation is 2. The lowest BCUT2D eigenvalue weighted by Gasteiger charge is -2.12. The average molecular weight is 399 g/mol. The van der Waals surface area contributed by atoms with Gasteiger partial charge in [-0.15, -0.1) is 0 Å². The lowest BCUT2D eigenvalue weighted by molar-refractivity contribution is -0.118. The number of hydrogen-bond acceptors (Lipinski definition) is 4. The highest BCUT2D eigenvalue weighted by molar-refractivity contribution is 5.93. The minimum atomic E-state index is -0.256. The van der Waals surface area contributed by atoms with Crippen molar-refractivity contribution in [2.45, 2.75) is 13.8 Å². The highest BCUT2D eigenvalue weighted by Crippen LogP contribution is 2.23. The predicted octanol–water partition coefficient (Wildman–Crippen LogP) is 5.09. The molecule has 1 N–H and O–H groups in total. The average Bonchev–Trinajstić information content (AvgIpc) is 2.76. The van der Waals surface area contributed by atoms with Crippen LogP contribution >= 0.6 is 0 Å². The van der Waals surface area contributed by atoms with Crippen molar-refractivity contribution < 1.29 is 13.9 Å². The lowest BCUT2D eigenvalue weighted by atomic mass is 10.1. The van der Waals surface area contributed by atoms with Gasteiger partial charge in [-0.2, -0.15) is 0 Å². The smallest absolute Gasteiger partial charge is 0.262 e. The normalized spacial score (nSPS) is 10.7. The molecule has 3 aromatic carbocycles. The zero-order chi connectivity index (χ0) is 21.1. The van der Waals surface area contributed by atoms with Crippen LogP contribution in [0, 0.1) is 13.8 Å². The molecule has 0 bridgehead atoms. The molecule has 0 atom stereocenters. The second kappa shape index (κ2) is 8.25. The number of fused-ring (bicyclic) bond motifs is 1. The Labute approximate surface area is 173 Å². The summed E-state index contributed by atoms with van der Waals surface area (Å²) in [6, 6.07) is 20.2. The van der Waals surface area contributed by atoms with Crippen LogP contribution in [0.1, 0.15) is 11.1 Å². The lowest BCUT2D eigenvalue weighted by Crippen LogP contribution is -2.21. The van der Waals surface area contributed by atoms with E-state index in [2.05, 4.69) is 5.32 Å². The van der Waals surface area contributed by atoms with Crippen molar-refractivity contribution in [3.63, 3.8) is 0 Å². The van der Waals surface area contributed by atoms with Crippen LogP contribution in [0.25, 0.3) is 22.1 Å². The monoisotopic (exact) mass is 399 g/mol. The summed E-state index contributed by atoms with van der Waals surface area (Å²) in [7, 11) is 0. The molecule has 4 rings (SSSR count). The molecule has 0 aliphatic carbocycles. The van der Waals surface area contributed by atoms with Gasteiger partial charge in [0.25, 0.3) is 5.91 Å². The number of ether oxygens (including phenoxy) is 1. The fraction of sp³-hybridized carbons (Fsp3) is 0.120. The first-order valence-electron chi connectivity index (χ1n) is 9.63. The summed E-state index contributed by atoms with van der Waals surface area (Å²) < 4.78 is 11.3. The van der Waals surface area contributed by atoms with Crippen molar-refractivity contribution in [2.75, 3.05) is 11.9 Å². The topological polar surface area (TPSA) is 68.5 Å². The van der Waals surface area contributed by atoms with Crippen molar-refractivity contribution in [3.05, 3.63) is 94.3 Å². The number of benzene rings is 3. The summed E-state index contributed by atoms with van der Waals surface area (Å²) in [5.41, 5.74) is 4.38. The van der Waals surface area contributed by atoms with Gasteiger partial charge in [0.05, 0.1) is 10.9 Å². The van der Waals surface area contributed by atoms with Gasteiger partial charge in [0.1, 0.15) is 17.6 Å². The standard InChI is InChI=1S/C25H21NO4/c1-16-7-6-8-17(2)24(16)26-23(27)15-29-19-11-12-20-22(13-19)30-14-21(25(20)28)18-9-4-3-5-10-18/h3-14H,15H2,1-2H3,(H,26,27). The quantitative estimate of drug-likeness (QED) is 0.507. The number of rotatable bonds is 5. The van der Waals surface area contributed by atoms with Gasteiger partial charge in [-0.05, 0) is 42.7 Å².